The van der Waals surface area contributed by atoms with Crippen LogP contribution in [0.15, 0.2) is 10.8 Å². The number of thiophene rings is 1. The molecule has 0 saturated carbocycles. The Kier molecular flexibility index (Phi) is 4.54. The lowest BCUT2D eigenvalue weighted by molar-refractivity contribution is -0.119. The second-order valence-corrected chi connectivity index (χ2v) is 7.00. The summed E-state index contributed by atoms with van der Waals surface area (Å²) in [7, 11) is 0. The zero-order valence-electron chi connectivity index (χ0n) is 12.2. The highest BCUT2D eigenvalue weighted by Gasteiger charge is 2.21. The first-order valence-corrected chi connectivity index (χ1v) is 8.88. The molecule has 0 bridgehead atoms. The molecule has 0 radical (unpaired) electrons. The van der Waals surface area contributed by atoms with E-state index in [9.17, 15) is 9.59 Å². The van der Waals surface area contributed by atoms with Crippen LogP contribution in [-0.2, 0) is 22.4 Å². The van der Waals surface area contributed by atoms with Gasteiger partial charge in [-0.2, -0.15) is 0 Å². The number of nitrogens with one attached hydrogen (secondary N) is 1. The van der Waals surface area contributed by atoms with Gasteiger partial charge in [0.1, 0.15) is 0 Å². The maximum Gasteiger partial charge on any atom is 0.339 e. The van der Waals surface area contributed by atoms with Gasteiger partial charge in [0.15, 0.2) is 11.7 Å². The van der Waals surface area contributed by atoms with Crippen LogP contribution >= 0.6 is 22.7 Å². The number of carbonyl (C=O) groups excluding carboxylic acids is 2. The van der Waals surface area contributed by atoms with Gasteiger partial charge in [-0.05, 0) is 38.2 Å². The van der Waals surface area contributed by atoms with Crippen molar-refractivity contribution in [3.8, 4) is 0 Å². The summed E-state index contributed by atoms with van der Waals surface area (Å²) in [4.78, 5) is 29.3. The molecule has 2 aromatic rings. The molecular formula is C15H16N2O3S2. The lowest BCUT2D eigenvalue weighted by Gasteiger charge is -2.12. The predicted molar refractivity (Wildman–Crippen MR) is 86.7 cm³/mol. The average Bonchev–Trinajstić information content (AvgIpc) is 3.11. The quantitative estimate of drug-likeness (QED) is 0.871. The maximum absolute atomic E-state index is 12.1. The molecule has 116 valence electrons. The van der Waals surface area contributed by atoms with Gasteiger partial charge in [0, 0.05) is 15.6 Å². The fourth-order valence-corrected chi connectivity index (χ4v) is 4.26. The van der Waals surface area contributed by atoms with Gasteiger partial charge in [-0.3, -0.25) is 10.1 Å². The summed E-state index contributed by atoms with van der Waals surface area (Å²) in [6.07, 6.45) is 4.25. The van der Waals surface area contributed by atoms with Crippen molar-refractivity contribution in [1.82, 2.24) is 4.98 Å². The summed E-state index contributed by atoms with van der Waals surface area (Å²) in [5, 5.41) is 6.83. The van der Waals surface area contributed by atoms with Gasteiger partial charge in [0.25, 0.3) is 5.91 Å². The molecule has 1 aliphatic rings. The van der Waals surface area contributed by atoms with Crippen LogP contribution in [0.5, 0.6) is 0 Å². The number of aryl methyl sites for hydroxylation is 2. The Morgan fingerprint density at radius 1 is 1.27 bits per heavy atom. The van der Waals surface area contributed by atoms with Crippen LogP contribution in [0.4, 0.5) is 5.13 Å². The molecule has 2 aromatic heterocycles. The third kappa shape index (κ3) is 3.36. The van der Waals surface area contributed by atoms with Gasteiger partial charge in [-0.25, -0.2) is 9.78 Å². The molecule has 0 aliphatic heterocycles. The number of thiazole rings is 1. The highest BCUT2D eigenvalue weighted by molar-refractivity contribution is 7.13. The number of fused-ring (bicyclic) bond motifs is 1. The Labute approximate surface area is 136 Å². The van der Waals surface area contributed by atoms with E-state index in [1.54, 1.807) is 11.3 Å². The van der Waals surface area contributed by atoms with Crippen LogP contribution in [0.1, 0.15) is 39.3 Å². The number of carbonyl (C=O) groups is 2. The van der Waals surface area contributed by atoms with Crippen molar-refractivity contribution in [3.05, 3.63) is 32.5 Å². The van der Waals surface area contributed by atoms with Crippen LogP contribution < -0.4 is 5.32 Å². The molecule has 5 nitrogen and oxygen atoms in total. The Hall–Kier alpha value is -1.73. The van der Waals surface area contributed by atoms with E-state index in [4.69, 9.17) is 4.74 Å². The zero-order valence-corrected chi connectivity index (χ0v) is 13.8. The fraction of sp³-hybridized carbons (Fsp3) is 0.400. The molecular weight excluding hydrogens is 320 g/mol. The first kappa shape index (κ1) is 15.2. The van der Waals surface area contributed by atoms with Crippen LogP contribution in [0, 0.1) is 6.92 Å². The van der Waals surface area contributed by atoms with E-state index in [-0.39, 0.29) is 12.5 Å². The Morgan fingerprint density at radius 3 is 2.86 bits per heavy atom. The van der Waals surface area contributed by atoms with Crippen molar-refractivity contribution >= 4 is 39.7 Å². The molecule has 1 amide bonds. The monoisotopic (exact) mass is 336 g/mol. The van der Waals surface area contributed by atoms with Crippen molar-refractivity contribution in [2.75, 3.05) is 11.9 Å². The molecule has 0 atom stereocenters. The van der Waals surface area contributed by atoms with Crippen LogP contribution in [0.2, 0.25) is 0 Å². The second kappa shape index (κ2) is 6.58. The molecule has 1 aliphatic carbocycles. The number of rotatable bonds is 4. The SMILES string of the molecule is Cc1csc(NC(=O)COC(=O)c2csc3c2CCCC3)n1. The average molecular weight is 336 g/mol. The first-order valence-electron chi connectivity index (χ1n) is 7.12. The number of nitrogens with zero attached hydrogens (tertiary/aromatic N) is 1. The number of amides is 1. The van der Waals surface area contributed by atoms with Gasteiger partial charge < -0.3 is 4.74 Å². The number of ether oxygens (including phenoxy) is 1. The van der Waals surface area contributed by atoms with Gasteiger partial charge in [0.2, 0.25) is 0 Å². The van der Waals surface area contributed by atoms with Gasteiger partial charge in [-0.1, -0.05) is 0 Å². The number of aromatic nitrogens is 1. The molecule has 0 unspecified atom stereocenters. The van der Waals surface area contributed by atoms with E-state index in [1.165, 1.54) is 22.6 Å². The van der Waals surface area contributed by atoms with Crippen molar-refractivity contribution in [2.45, 2.75) is 32.6 Å². The standard InChI is InChI=1S/C15H16N2O3S2/c1-9-7-22-15(16-9)17-13(18)6-20-14(19)11-8-21-12-5-3-2-4-10(11)12/h7-8H,2-6H2,1H3,(H,16,17,18). The summed E-state index contributed by atoms with van der Waals surface area (Å²) < 4.78 is 5.13. The Morgan fingerprint density at radius 2 is 2.09 bits per heavy atom. The minimum atomic E-state index is -0.412. The highest BCUT2D eigenvalue weighted by Crippen LogP contribution is 2.30. The van der Waals surface area contributed by atoms with Crippen molar-refractivity contribution < 1.29 is 14.3 Å². The van der Waals surface area contributed by atoms with Crippen molar-refractivity contribution in [1.29, 1.82) is 0 Å². The van der Waals surface area contributed by atoms with Gasteiger partial charge >= 0.3 is 5.97 Å². The van der Waals surface area contributed by atoms with E-state index in [2.05, 4.69) is 10.3 Å². The summed E-state index contributed by atoms with van der Waals surface area (Å²) in [5.74, 6) is -0.781. The molecule has 2 heterocycles. The van der Waals surface area contributed by atoms with Crippen molar-refractivity contribution in [3.63, 3.8) is 0 Å². The van der Waals surface area contributed by atoms with E-state index < -0.39 is 5.97 Å². The smallest absolute Gasteiger partial charge is 0.339 e. The number of hydrogen-bond donors (Lipinski definition) is 1. The molecule has 0 spiro atoms. The second-order valence-electron chi connectivity index (χ2n) is 5.18. The third-order valence-corrected chi connectivity index (χ3v) is 5.45. The normalized spacial score (nSPS) is 13.5. The molecule has 3 rings (SSSR count). The summed E-state index contributed by atoms with van der Waals surface area (Å²) in [6.45, 7) is 1.56. The number of esters is 1. The largest absolute Gasteiger partial charge is 0.452 e. The van der Waals surface area contributed by atoms with Crippen LogP contribution in [0.3, 0.4) is 0 Å². The van der Waals surface area contributed by atoms with E-state index >= 15 is 0 Å². The van der Waals surface area contributed by atoms with E-state index in [0.717, 1.165) is 30.5 Å². The van der Waals surface area contributed by atoms with E-state index in [1.807, 2.05) is 17.7 Å². The van der Waals surface area contributed by atoms with Crippen LogP contribution in [-0.4, -0.2) is 23.5 Å². The van der Waals surface area contributed by atoms with Crippen molar-refractivity contribution in [2.24, 2.45) is 0 Å². The van der Waals surface area contributed by atoms with E-state index in [0.29, 0.717) is 10.7 Å². The lowest BCUT2D eigenvalue weighted by Crippen LogP contribution is -2.21. The molecule has 0 saturated heterocycles. The first-order chi connectivity index (χ1) is 10.6. The highest BCUT2D eigenvalue weighted by atomic mass is 32.1. The predicted octanol–water partition coefficient (Wildman–Crippen LogP) is 3.19. The fourth-order valence-electron chi connectivity index (χ4n) is 2.44. The number of hydrogen-bond acceptors (Lipinski definition) is 6. The van der Waals surface area contributed by atoms with Gasteiger partial charge in [0.05, 0.1) is 11.3 Å². The molecule has 1 N–H and O–H groups in total. The lowest BCUT2D eigenvalue weighted by atomic mass is 9.96. The topological polar surface area (TPSA) is 68.3 Å². The summed E-state index contributed by atoms with van der Waals surface area (Å²) >= 11 is 2.96. The molecule has 0 fully saturated rings. The minimum absolute atomic E-state index is 0.290. The molecule has 7 heteroatoms. The minimum Gasteiger partial charge on any atom is -0.452 e. The Balaban J connectivity index is 1.56. The maximum atomic E-state index is 12.1. The third-order valence-electron chi connectivity index (χ3n) is 3.48. The Bertz CT molecular complexity index is 705. The number of anilines is 1. The van der Waals surface area contributed by atoms with Crippen LogP contribution in [0.25, 0.3) is 0 Å². The summed E-state index contributed by atoms with van der Waals surface area (Å²) in [5.41, 5.74) is 2.58. The zero-order chi connectivity index (χ0) is 15.5. The van der Waals surface area contributed by atoms with Gasteiger partial charge in [-0.15, -0.1) is 22.7 Å². The summed E-state index contributed by atoms with van der Waals surface area (Å²) in [6, 6.07) is 0. The molecule has 22 heavy (non-hydrogen) atoms. The molecule has 0 aromatic carbocycles.